The van der Waals surface area contributed by atoms with Gasteiger partial charge < -0.3 is 14.8 Å². The average molecular weight is 396 g/mol. The van der Waals surface area contributed by atoms with Crippen LogP contribution in [-0.4, -0.2) is 31.5 Å². The summed E-state index contributed by atoms with van der Waals surface area (Å²) in [6, 6.07) is 6.29. The monoisotopic (exact) mass is 395 g/mol. The molecule has 1 unspecified atom stereocenters. The lowest BCUT2D eigenvalue weighted by molar-refractivity contribution is -0.137. The van der Waals surface area contributed by atoms with Crippen LogP contribution in [0.1, 0.15) is 55.6 Å². The minimum atomic E-state index is -0.00779. The molecule has 1 aromatic carbocycles. The molecule has 0 fully saturated rings. The Kier molecular flexibility index (Phi) is 5.65. The molecule has 7 heteroatoms. The van der Waals surface area contributed by atoms with Crippen molar-refractivity contribution in [1.29, 1.82) is 0 Å². The number of hydrogen-bond donors (Lipinski definition) is 1. The van der Waals surface area contributed by atoms with Crippen LogP contribution in [0.15, 0.2) is 24.5 Å². The Hall–Kier alpha value is -2.70. The van der Waals surface area contributed by atoms with Gasteiger partial charge in [0.2, 0.25) is 11.8 Å². The van der Waals surface area contributed by atoms with E-state index in [1.54, 1.807) is 6.33 Å². The van der Waals surface area contributed by atoms with E-state index in [0.29, 0.717) is 26.2 Å². The molecule has 154 valence electrons. The van der Waals surface area contributed by atoms with Crippen molar-refractivity contribution in [2.24, 2.45) is 11.8 Å². The van der Waals surface area contributed by atoms with Gasteiger partial charge in [-0.15, -0.1) is 10.2 Å². The summed E-state index contributed by atoms with van der Waals surface area (Å²) in [5.74, 6) is 1.38. The first kappa shape index (κ1) is 19.6. The van der Waals surface area contributed by atoms with Crippen LogP contribution in [-0.2, 0) is 42.2 Å². The molecule has 0 bridgehead atoms. The zero-order valence-electron chi connectivity index (χ0n) is 17.2. The van der Waals surface area contributed by atoms with Gasteiger partial charge in [-0.2, -0.15) is 0 Å². The highest BCUT2D eigenvalue weighted by molar-refractivity contribution is 5.80. The molecule has 2 aliphatic rings. The predicted molar refractivity (Wildman–Crippen MR) is 108 cm³/mol. The number of aryl methyl sites for hydroxylation is 1. The van der Waals surface area contributed by atoms with Crippen molar-refractivity contribution in [3.05, 3.63) is 47.0 Å². The first-order chi connectivity index (χ1) is 14.1. The van der Waals surface area contributed by atoms with Crippen molar-refractivity contribution in [3.63, 3.8) is 0 Å². The van der Waals surface area contributed by atoms with Crippen molar-refractivity contribution in [3.8, 4) is 0 Å². The number of carbonyl (C=O) groups excluding carboxylic acids is 2. The number of fused-ring (bicyclic) bond motifs is 2. The second-order valence-corrected chi connectivity index (χ2v) is 8.16. The summed E-state index contributed by atoms with van der Waals surface area (Å²) in [4.78, 5) is 27.2. The standard InChI is InChI=1S/C22H29N5O2/c1-3-16(4-2)21(28)23-10-15-5-6-17-11-26(13-19(17)9-15)22(29)18-7-8-20-25-24-14-27(20)12-18/h5-6,9,14,16,18H,3-4,7-8,10-13H2,1-2H3,(H,23,28). The third-order valence-electron chi connectivity index (χ3n) is 6.31. The topological polar surface area (TPSA) is 80.1 Å². The number of amides is 2. The zero-order valence-corrected chi connectivity index (χ0v) is 17.2. The third-order valence-corrected chi connectivity index (χ3v) is 6.31. The van der Waals surface area contributed by atoms with Crippen LogP contribution in [0.5, 0.6) is 0 Å². The van der Waals surface area contributed by atoms with Gasteiger partial charge in [-0.05, 0) is 36.0 Å². The summed E-state index contributed by atoms with van der Waals surface area (Å²) >= 11 is 0. The Balaban J connectivity index is 1.36. The molecule has 0 radical (unpaired) electrons. The van der Waals surface area contributed by atoms with Crippen molar-refractivity contribution in [2.75, 3.05) is 0 Å². The molecule has 1 aromatic heterocycles. The van der Waals surface area contributed by atoms with Gasteiger partial charge in [-0.25, -0.2) is 0 Å². The predicted octanol–water partition coefficient (Wildman–Crippen LogP) is 2.44. The van der Waals surface area contributed by atoms with Crippen LogP contribution < -0.4 is 5.32 Å². The maximum absolute atomic E-state index is 13.1. The molecule has 1 N–H and O–H groups in total. The molecule has 29 heavy (non-hydrogen) atoms. The normalized spacial score (nSPS) is 17.9. The van der Waals surface area contributed by atoms with Gasteiger partial charge in [0.1, 0.15) is 12.2 Å². The van der Waals surface area contributed by atoms with Crippen LogP contribution in [0, 0.1) is 11.8 Å². The maximum atomic E-state index is 13.1. The van der Waals surface area contributed by atoms with Crippen molar-refractivity contribution >= 4 is 11.8 Å². The molecule has 0 aliphatic carbocycles. The Morgan fingerprint density at radius 3 is 2.79 bits per heavy atom. The summed E-state index contributed by atoms with van der Waals surface area (Å²) in [6.07, 6.45) is 5.08. The minimum Gasteiger partial charge on any atom is -0.352 e. The highest BCUT2D eigenvalue weighted by atomic mass is 16.2. The Bertz CT molecular complexity index is 902. The van der Waals surface area contributed by atoms with E-state index in [0.717, 1.165) is 37.1 Å². The molecule has 0 saturated heterocycles. The van der Waals surface area contributed by atoms with Gasteiger partial charge in [0.15, 0.2) is 0 Å². The average Bonchev–Trinajstić information content (AvgIpc) is 3.38. The van der Waals surface area contributed by atoms with Gasteiger partial charge in [-0.1, -0.05) is 32.0 Å². The number of rotatable bonds is 6. The second-order valence-electron chi connectivity index (χ2n) is 8.16. The molecular formula is C22H29N5O2. The van der Waals surface area contributed by atoms with Crippen LogP contribution >= 0.6 is 0 Å². The van der Waals surface area contributed by atoms with Gasteiger partial charge in [0.25, 0.3) is 0 Å². The molecule has 1 atom stereocenters. The molecular weight excluding hydrogens is 366 g/mol. The van der Waals surface area contributed by atoms with E-state index in [9.17, 15) is 9.59 Å². The van der Waals surface area contributed by atoms with Crippen molar-refractivity contribution < 1.29 is 9.59 Å². The van der Waals surface area contributed by atoms with Crippen LogP contribution in [0.4, 0.5) is 0 Å². The first-order valence-corrected chi connectivity index (χ1v) is 10.6. The van der Waals surface area contributed by atoms with Crippen molar-refractivity contribution in [2.45, 2.75) is 65.7 Å². The van der Waals surface area contributed by atoms with Crippen LogP contribution in [0.3, 0.4) is 0 Å². The largest absolute Gasteiger partial charge is 0.352 e. The zero-order chi connectivity index (χ0) is 20.4. The number of aromatic nitrogens is 3. The molecule has 2 amide bonds. The molecule has 7 nitrogen and oxygen atoms in total. The van der Waals surface area contributed by atoms with Gasteiger partial charge in [0, 0.05) is 38.5 Å². The van der Waals surface area contributed by atoms with E-state index in [2.05, 4.69) is 33.7 Å². The number of carbonyl (C=O) groups is 2. The van der Waals surface area contributed by atoms with E-state index in [4.69, 9.17) is 0 Å². The van der Waals surface area contributed by atoms with E-state index < -0.39 is 0 Å². The highest BCUT2D eigenvalue weighted by Gasteiger charge is 2.32. The highest BCUT2D eigenvalue weighted by Crippen LogP contribution is 2.28. The summed E-state index contributed by atoms with van der Waals surface area (Å²) in [5, 5.41) is 11.1. The lowest BCUT2D eigenvalue weighted by Crippen LogP contribution is -2.36. The Morgan fingerprint density at radius 2 is 2.00 bits per heavy atom. The van der Waals surface area contributed by atoms with E-state index in [1.807, 2.05) is 23.3 Å². The molecule has 0 saturated carbocycles. The molecule has 2 aliphatic heterocycles. The van der Waals surface area contributed by atoms with Crippen LogP contribution in [0.25, 0.3) is 0 Å². The number of nitrogens with zero attached hydrogens (tertiary/aromatic N) is 4. The number of nitrogens with one attached hydrogen (secondary N) is 1. The molecule has 3 heterocycles. The lowest BCUT2D eigenvalue weighted by atomic mass is 9.98. The number of hydrogen-bond acceptors (Lipinski definition) is 4. The fourth-order valence-corrected chi connectivity index (χ4v) is 4.42. The van der Waals surface area contributed by atoms with Crippen molar-refractivity contribution in [1.82, 2.24) is 25.0 Å². The summed E-state index contributed by atoms with van der Waals surface area (Å²) in [6.45, 7) is 6.61. The van der Waals surface area contributed by atoms with Gasteiger partial charge in [-0.3, -0.25) is 9.59 Å². The Morgan fingerprint density at radius 1 is 1.21 bits per heavy atom. The summed E-state index contributed by atoms with van der Waals surface area (Å²) in [7, 11) is 0. The second kappa shape index (κ2) is 8.35. The molecule has 2 aromatic rings. The summed E-state index contributed by atoms with van der Waals surface area (Å²) < 4.78 is 2.00. The van der Waals surface area contributed by atoms with E-state index in [1.165, 1.54) is 11.1 Å². The minimum absolute atomic E-state index is 0.00779. The Labute approximate surface area is 171 Å². The fraction of sp³-hybridized carbons (Fsp3) is 0.545. The number of benzene rings is 1. The van der Waals surface area contributed by atoms with E-state index >= 15 is 0 Å². The first-order valence-electron chi connectivity index (χ1n) is 10.6. The summed E-state index contributed by atoms with van der Waals surface area (Å²) in [5.41, 5.74) is 3.48. The quantitative estimate of drug-likeness (QED) is 0.815. The molecule has 4 rings (SSSR count). The van der Waals surface area contributed by atoms with Gasteiger partial charge in [0.05, 0.1) is 5.92 Å². The molecule has 0 spiro atoms. The maximum Gasteiger partial charge on any atom is 0.228 e. The van der Waals surface area contributed by atoms with Crippen LogP contribution in [0.2, 0.25) is 0 Å². The fourth-order valence-electron chi connectivity index (χ4n) is 4.42. The smallest absolute Gasteiger partial charge is 0.228 e. The lowest BCUT2D eigenvalue weighted by Gasteiger charge is -2.26. The van der Waals surface area contributed by atoms with E-state index in [-0.39, 0.29) is 23.7 Å². The third kappa shape index (κ3) is 4.04. The van der Waals surface area contributed by atoms with Gasteiger partial charge >= 0.3 is 0 Å². The SMILES string of the molecule is CCC(CC)C(=O)NCc1ccc2c(c1)CN(C(=O)C1CCc3nncn3C1)C2.